The number of hydrogen-bond acceptors (Lipinski definition) is 2. The highest BCUT2D eigenvalue weighted by atomic mass is 32.1. The van der Waals surface area contributed by atoms with Crippen LogP contribution in [0.25, 0.3) is 16.8 Å². The maximum atomic E-state index is 12.8. The quantitative estimate of drug-likeness (QED) is 0.552. The van der Waals surface area contributed by atoms with E-state index < -0.39 is 0 Å². The van der Waals surface area contributed by atoms with Gasteiger partial charge in [0.25, 0.3) is 5.91 Å². The van der Waals surface area contributed by atoms with E-state index in [0.717, 1.165) is 27.6 Å². The number of hydrogen-bond donors (Lipinski definition) is 1. The van der Waals surface area contributed by atoms with Gasteiger partial charge in [-0.3, -0.25) is 9.69 Å². The Bertz CT molecular complexity index is 1020. The molecule has 4 rings (SSSR count). The lowest BCUT2D eigenvalue weighted by Gasteiger charge is -2.14. The van der Waals surface area contributed by atoms with E-state index in [9.17, 15) is 4.79 Å². The molecule has 0 unspecified atom stereocenters. The first kappa shape index (κ1) is 15.5. The number of rotatable bonds is 2. The van der Waals surface area contributed by atoms with Gasteiger partial charge in [-0.2, -0.15) is 0 Å². The highest BCUT2D eigenvalue weighted by molar-refractivity contribution is 7.80. The molecule has 0 aromatic heterocycles. The Balaban J connectivity index is 1.74. The van der Waals surface area contributed by atoms with E-state index in [0.29, 0.717) is 10.8 Å². The van der Waals surface area contributed by atoms with E-state index in [1.165, 1.54) is 4.90 Å². The highest BCUT2D eigenvalue weighted by Gasteiger charge is 2.31. The van der Waals surface area contributed by atoms with Gasteiger partial charge in [-0.1, -0.05) is 60.2 Å². The third-order valence-corrected chi connectivity index (χ3v) is 4.58. The van der Waals surface area contributed by atoms with Crippen molar-refractivity contribution in [2.45, 2.75) is 6.92 Å². The van der Waals surface area contributed by atoms with Crippen molar-refractivity contribution < 1.29 is 4.79 Å². The summed E-state index contributed by atoms with van der Waals surface area (Å²) >= 11 is 5.37. The fraction of sp³-hybridized carbons (Fsp3) is 0.0476. The van der Waals surface area contributed by atoms with Crippen LogP contribution in [-0.4, -0.2) is 11.0 Å². The summed E-state index contributed by atoms with van der Waals surface area (Å²) in [6.45, 7) is 2.01. The van der Waals surface area contributed by atoms with Crippen LogP contribution in [0, 0.1) is 6.92 Å². The summed E-state index contributed by atoms with van der Waals surface area (Å²) in [6, 6.07) is 21.9. The van der Waals surface area contributed by atoms with E-state index in [1.807, 2.05) is 61.5 Å². The fourth-order valence-corrected chi connectivity index (χ4v) is 3.29. The zero-order chi connectivity index (χ0) is 17.4. The van der Waals surface area contributed by atoms with Gasteiger partial charge >= 0.3 is 0 Å². The number of amides is 1. The first-order chi connectivity index (χ1) is 12.1. The van der Waals surface area contributed by atoms with Crippen LogP contribution in [0.5, 0.6) is 0 Å². The molecule has 0 spiro atoms. The standard InChI is InChI=1S/C21H16N2OS/c1-14-9-11-17(12-10-14)23-20(24)19(22-21(23)25)13-16-7-4-6-15-5-2-3-8-18(15)16/h2-13H,1H3,(H,22,25)/b19-13-. The molecule has 0 bridgehead atoms. The van der Waals surface area contributed by atoms with Gasteiger partial charge in [0.1, 0.15) is 5.70 Å². The minimum Gasteiger partial charge on any atom is -0.327 e. The lowest BCUT2D eigenvalue weighted by Crippen LogP contribution is -2.30. The molecule has 3 aromatic carbocycles. The lowest BCUT2D eigenvalue weighted by atomic mass is 10.0. The summed E-state index contributed by atoms with van der Waals surface area (Å²) in [5.41, 5.74) is 3.39. The van der Waals surface area contributed by atoms with E-state index in [-0.39, 0.29) is 5.91 Å². The summed E-state index contributed by atoms with van der Waals surface area (Å²) in [6.07, 6.45) is 1.87. The number of carbonyl (C=O) groups is 1. The molecule has 0 aliphatic carbocycles. The third kappa shape index (κ3) is 2.81. The molecule has 122 valence electrons. The van der Waals surface area contributed by atoms with Crippen molar-refractivity contribution >= 4 is 45.8 Å². The van der Waals surface area contributed by atoms with E-state index in [2.05, 4.69) is 23.5 Å². The van der Waals surface area contributed by atoms with Crippen LogP contribution in [0.1, 0.15) is 11.1 Å². The molecule has 1 fully saturated rings. The zero-order valence-electron chi connectivity index (χ0n) is 13.7. The van der Waals surface area contributed by atoms with Crippen molar-refractivity contribution in [2.75, 3.05) is 4.90 Å². The maximum absolute atomic E-state index is 12.8. The van der Waals surface area contributed by atoms with Crippen molar-refractivity contribution in [3.05, 3.63) is 83.6 Å². The Morgan fingerprint density at radius 2 is 1.68 bits per heavy atom. The number of benzene rings is 3. The number of nitrogens with one attached hydrogen (secondary N) is 1. The van der Waals surface area contributed by atoms with Crippen LogP contribution < -0.4 is 10.2 Å². The predicted octanol–water partition coefficient (Wildman–Crippen LogP) is 4.41. The molecule has 1 amide bonds. The summed E-state index contributed by atoms with van der Waals surface area (Å²) in [5, 5.41) is 5.69. The second-order valence-corrected chi connectivity index (χ2v) is 6.42. The van der Waals surface area contributed by atoms with Crippen LogP contribution in [0.2, 0.25) is 0 Å². The maximum Gasteiger partial charge on any atom is 0.281 e. The fourth-order valence-electron chi connectivity index (χ4n) is 3.00. The molecule has 1 aliphatic rings. The lowest BCUT2D eigenvalue weighted by molar-refractivity contribution is -0.113. The smallest absolute Gasteiger partial charge is 0.281 e. The number of thiocarbonyl (C=S) groups is 1. The second kappa shape index (κ2) is 6.15. The van der Waals surface area contributed by atoms with Gasteiger partial charge in [0.2, 0.25) is 0 Å². The van der Waals surface area contributed by atoms with E-state index in [4.69, 9.17) is 12.2 Å². The Kier molecular flexibility index (Phi) is 3.82. The molecular formula is C21H16N2OS. The van der Waals surface area contributed by atoms with E-state index >= 15 is 0 Å². The Morgan fingerprint density at radius 3 is 2.48 bits per heavy atom. The summed E-state index contributed by atoms with van der Waals surface area (Å²) in [5.74, 6) is -0.137. The number of carbonyl (C=O) groups excluding carboxylic acids is 1. The van der Waals surface area contributed by atoms with E-state index in [1.54, 1.807) is 0 Å². The molecule has 0 atom stereocenters. The van der Waals surface area contributed by atoms with Gasteiger partial charge < -0.3 is 5.32 Å². The third-order valence-electron chi connectivity index (χ3n) is 4.29. The molecule has 0 saturated carbocycles. The SMILES string of the molecule is Cc1ccc(N2C(=O)/C(=C/c3cccc4ccccc34)NC2=S)cc1. The van der Waals surface area contributed by atoms with Crippen molar-refractivity contribution in [1.82, 2.24) is 5.32 Å². The normalized spacial score (nSPS) is 15.9. The molecule has 4 heteroatoms. The molecule has 3 aromatic rings. The molecule has 1 heterocycles. The van der Waals surface area contributed by atoms with Crippen LogP contribution >= 0.6 is 12.2 Å². The van der Waals surface area contributed by atoms with Crippen LogP contribution in [0.3, 0.4) is 0 Å². The number of nitrogens with zero attached hydrogens (tertiary/aromatic N) is 1. The van der Waals surface area contributed by atoms with Gasteiger partial charge in [-0.05, 0) is 53.7 Å². The topological polar surface area (TPSA) is 32.3 Å². The predicted molar refractivity (Wildman–Crippen MR) is 106 cm³/mol. The van der Waals surface area contributed by atoms with Crippen LogP contribution in [0.4, 0.5) is 5.69 Å². The summed E-state index contributed by atoms with van der Waals surface area (Å²) in [4.78, 5) is 14.4. The largest absolute Gasteiger partial charge is 0.327 e. The van der Waals surface area contributed by atoms with Gasteiger partial charge in [0.15, 0.2) is 5.11 Å². The van der Waals surface area contributed by atoms with Gasteiger partial charge in [0, 0.05) is 0 Å². The summed E-state index contributed by atoms with van der Waals surface area (Å²) < 4.78 is 0. The van der Waals surface area contributed by atoms with Crippen LogP contribution in [0.15, 0.2) is 72.4 Å². The molecule has 25 heavy (non-hydrogen) atoms. The second-order valence-electron chi connectivity index (χ2n) is 6.03. The molecule has 3 nitrogen and oxygen atoms in total. The van der Waals surface area contributed by atoms with Crippen molar-refractivity contribution in [3.63, 3.8) is 0 Å². The van der Waals surface area contributed by atoms with Crippen molar-refractivity contribution in [2.24, 2.45) is 0 Å². The molecular weight excluding hydrogens is 328 g/mol. The average Bonchev–Trinajstić information content (AvgIpc) is 2.90. The minimum absolute atomic E-state index is 0.137. The summed E-state index contributed by atoms with van der Waals surface area (Å²) in [7, 11) is 0. The first-order valence-corrected chi connectivity index (χ1v) is 8.46. The van der Waals surface area contributed by atoms with Crippen LogP contribution in [-0.2, 0) is 4.79 Å². The molecule has 1 aliphatic heterocycles. The van der Waals surface area contributed by atoms with Crippen molar-refractivity contribution in [1.29, 1.82) is 0 Å². The van der Waals surface area contributed by atoms with Gasteiger partial charge in [-0.15, -0.1) is 0 Å². The first-order valence-electron chi connectivity index (χ1n) is 8.05. The monoisotopic (exact) mass is 344 g/mol. The minimum atomic E-state index is -0.137. The number of anilines is 1. The molecule has 0 radical (unpaired) electrons. The Hall–Kier alpha value is -2.98. The number of aryl methyl sites for hydroxylation is 1. The molecule has 1 saturated heterocycles. The zero-order valence-corrected chi connectivity index (χ0v) is 14.5. The Labute approximate surface area is 151 Å². The Morgan fingerprint density at radius 1 is 0.960 bits per heavy atom. The van der Waals surface area contributed by atoms with Crippen molar-refractivity contribution in [3.8, 4) is 0 Å². The average molecular weight is 344 g/mol. The molecule has 1 N–H and O–H groups in total. The van der Waals surface area contributed by atoms with Gasteiger partial charge in [-0.25, -0.2) is 0 Å². The number of fused-ring (bicyclic) bond motifs is 1. The van der Waals surface area contributed by atoms with Gasteiger partial charge in [0.05, 0.1) is 5.69 Å². The highest BCUT2D eigenvalue weighted by Crippen LogP contribution is 2.25.